The van der Waals surface area contributed by atoms with E-state index in [0.29, 0.717) is 12.1 Å². The van der Waals surface area contributed by atoms with Crippen molar-refractivity contribution < 1.29 is 9.53 Å². The van der Waals surface area contributed by atoms with Crippen molar-refractivity contribution in [3.63, 3.8) is 0 Å². The third-order valence-corrected chi connectivity index (χ3v) is 4.79. The third kappa shape index (κ3) is 4.25. The van der Waals surface area contributed by atoms with Crippen molar-refractivity contribution in [1.82, 2.24) is 4.98 Å². The fourth-order valence-electron chi connectivity index (χ4n) is 2.55. The number of para-hydroxylation sites is 1. The number of carbonyl (C=O) groups is 1. The number of thiazole rings is 1. The Labute approximate surface area is 151 Å². The summed E-state index contributed by atoms with van der Waals surface area (Å²) in [6.45, 7) is 2.07. The molecule has 0 unspecified atom stereocenters. The first kappa shape index (κ1) is 17.2. The highest BCUT2D eigenvalue weighted by atomic mass is 32.1. The average molecular weight is 352 g/mol. The molecule has 1 aromatic heterocycles. The summed E-state index contributed by atoms with van der Waals surface area (Å²) in [6.07, 6.45) is 1.57. The lowest BCUT2D eigenvalue weighted by molar-refractivity contribution is 0.102. The quantitative estimate of drug-likeness (QED) is 0.708. The van der Waals surface area contributed by atoms with Crippen LogP contribution in [-0.4, -0.2) is 18.0 Å². The average Bonchev–Trinajstić information content (AvgIpc) is 3.11. The molecule has 1 heterocycles. The number of nitrogens with zero attached hydrogens (tertiary/aromatic N) is 1. The molecule has 0 fully saturated rings. The number of carbonyl (C=O) groups excluding carboxylic acids is 1. The van der Waals surface area contributed by atoms with Gasteiger partial charge in [0.1, 0.15) is 11.4 Å². The van der Waals surface area contributed by atoms with Crippen LogP contribution in [0.4, 0.5) is 5.69 Å². The van der Waals surface area contributed by atoms with Crippen LogP contribution in [0.5, 0.6) is 5.75 Å². The maximum atomic E-state index is 12.4. The molecule has 0 aliphatic carbocycles. The molecule has 3 rings (SSSR count). The number of hydrogen-bond donors (Lipinski definition) is 1. The maximum Gasteiger partial charge on any atom is 0.275 e. The molecular weight excluding hydrogens is 332 g/mol. The van der Waals surface area contributed by atoms with Gasteiger partial charge in [-0.3, -0.25) is 4.79 Å². The standard InChI is InChI=1S/C20H20N2O2S/c1-3-15-6-4-5-7-17(15)22-20(23)18-13-25-19(21-18)12-14-8-10-16(24-2)11-9-14/h4-11,13H,3,12H2,1-2H3,(H,22,23). The second-order valence-electron chi connectivity index (χ2n) is 5.62. The normalized spacial score (nSPS) is 10.5. The summed E-state index contributed by atoms with van der Waals surface area (Å²) in [5.74, 6) is 0.663. The van der Waals surface area contributed by atoms with Crippen molar-refractivity contribution in [2.75, 3.05) is 12.4 Å². The molecule has 0 radical (unpaired) electrons. The van der Waals surface area contributed by atoms with E-state index in [2.05, 4.69) is 17.2 Å². The van der Waals surface area contributed by atoms with Crippen molar-refractivity contribution in [3.05, 3.63) is 75.7 Å². The van der Waals surface area contributed by atoms with Gasteiger partial charge in [-0.05, 0) is 35.7 Å². The van der Waals surface area contributed by atoms with Crippen molar-refractivity contribution in [2.45, 2.75) is 19.8 Å². The van der Waals surface area contributed by atoms with Crippen molar-refractivity contribution in [2.24, 2.45) is 0 Å². The summed E-state index contributed by atoms with van der Waals surface area (Å²) in [7, 11) is 1.65. The van der Waals surface area contributed by atoms with Crippen LogP contribution >= 0.6 is 11.3 Å². The van der Waals surface area contributed by atoms with E-state index in [1.807, 2.05) is 53.9 Å². The molecule has 0 saturated heterocycles. The van der Waals surface area contributed by atoms with Crippen LogP contribution in [0.3, 0.4) is 0 Å². The Morgan fingerprint density at radius 3 is 2.64 bits per heavy atom. The van der Waals surface area contributed by atoms with Gasteiger partial charge in [0.15, 0.2) is 0 Å². The Hall–Kier alpha value is -2.66. The van der Waals surface area contributed by atoms with E-state index in [0.717, 1.165) is 34.0 Å². The monoisotopic (exact) mass is 352 g/mol. The lowest BCUT2D eigenvalue weighted by Gasteiger charge is -2.08. The zero-order valence-electron chi connectivity index (χ0n) is 14.3. The number of amides is 1. The van der Waals surface area contributed by atoms with Gasteiger partial charge in [0.25, 0.3) is 5.91 Å². The zero-order valence-corrected chi connectivity index (χ0v) is 15.1. The lowest BCUT2D eigenvalue weighted by Crippen LogP contribution is -2.13. The second-order valence-corrected chi connectivity index (χ2v) is 6.56. The van der Waals surface area contributed by atoms with Gasteiger partial charge in [0, 0.05) is 17.5 Å². The number of hydrogen-bond acceptors (Lipinski definition) is 4. The molecule has 4 nitrogen and oxygen atoms in total. The summed E-state index contributed by atoms with van der Waals surface area (Å²) in [4.78, 5) is 16.9. The van der Waals surface area contributed by atoms with Crippen LogP contribution in [0.1, 0.15) is 33.5 Å². The molecule has 128 valence electrons. The topological polar surface area (TPSA) is 51.2 Å². The van der Waals surface area contributed by atoms with Crippen molar-refractivity contribution in [3.8, 4) is 5.75 Å². The van der Waals surface area contributed by atoms with Gasteiger partial charge in [0.05, 0.1) is 12.1 Å². The predicted octanol–water partition coefficient (Wildman–Crippen LogP) is 4.56. The highest BCUT2D eigenvalue weighted by Gasteiger charge is 2.12. The Morgan fingerprint density at radius 2 is 1.92 bits per heavy atom. The fraction of sp³-hybridized carbons (Fsp3) is 0.200. The molecule has 0 bridgehead atoms. The van der Waals surface area contributed by atoms with Gasteiger partial charge in [-0.1, -0.05) is 37.3 Å². The van der Waals surface area contributed by atoms with E-state index in [1.54, 1.807) is 7.11 Å². The summed E-state index contributed by atoms with van der Waals surface area (Å²) < 4.78 is 5.16. The fourth-order valence-corrected chi connectivity index (χ4v) is 3.36. The SMILES string of the molecule is CCc1ccccc1NC(=O)c1csc(Cc2ccc(OC)cc2)n1. The van der Waals surface area contributed by atoms with E-state index in [-0.39, 0.29) is 5.91 Å². The van der Waals surface area contributed by atoms with Crippen LogP contribution in [0.2, 0.25) is 0 Å². The molecular formula is C20H20N2O2S. The third-order valence-electron chi connectivity index (χ3n) is 3.95. The number of methoxy groups -OCH3 is 1. The molecule has 2 aromatic carbocycles. The van der Waals surface area contributed by atoms with Gasteiger partial charge in [-0.25, -0.2) is 4.98 Å². The summed E-state index contributed by atoms with van der Waals surface area (Å²) in [5, 5.41) is 5.68. The number of ether oxygens (including phenoxy) is 1. The first-order valence-corrected chi connectivity index (χ1v) is 9.04. The van der Waals surface area contributed by atoms with Gasteiger partial charge < -0.3 is 10.1 Å². The van der Waals surface area contributed by atoms with Crippen LogP contribution in [0.25, 0.3) is 0 Å². The summed E-state index contributed by atoms with van der Waals surface area (Å²) in [5.41, 5.74) is 3.56. The predicted molar refractivity (Wildman–Crippen MR) is 102 cm³/mol. The van der Waals surface area contributed by atoms with E-state index in [1.165, 1.54) is 11.3 Å². The van der Waals surface area contributed by atoms with E-state index in [4.69, 9.17) is 4.74 Å². The number of anilines is 1. The number of benzene rings is 2. The Morgan fingerprint density at radius 1 is 1.16 bits per heavy atom. The minimum absolute atomic E-state index is 0.168. The molecule has 0 spiro atoms. The lowest BCUT2D eigenvalue weighted by atomic mass is 10.1. The van der Waals surface area contributed by atoms with E-state index < -0.39 is 0 Å². The minimum Gasteiger partial charge on any atom is -0.497 e. The first-order valence-electron chi connectivity index (χ1n) is 8.16. The molecule has 5 heteroatoms. The zero-order chi connectivity index (χ0) is 17.6. The Balaban J connectivity index is 1.68. The van der Waals surface area contributed by atoms with Crippen LogP contribution < -0.4 is 10.1 Å². The highest BCUT2D eigenvalue weighted by molar-refractivity contribution is 7.09. The molecule has 0 aliphatic rings. The van der Waals surface area contributed by atoms with Crippen LogP contribution in [0.15, 0.2) is 53.9 Å². The van der Waals surface area contributed by atoms with Crippen molar-refractivity contribution >= 4 is 22.9 Å². The number of rotatable bonds is 6. The van der Waals surface area contributed by atoms with Crippen molar-refractivity contribution in [1.29, 1.82) is 0 Å². The second kappa shape index (κ2) is 7.94. The summed E-state index contributed by atoms with van der Waals surface area (Å²) in [6, 6.07) is 15.7. The molecule has 0 atom stereocenters. The molecule has 1 amide bonds. The number of aryl methyl sites for hydroxylation is 1. The number of aromatic nitrogens is 1. The van der Waals surface area contributed by atoms with Gasteiger partial charge >= 0.3 is 0 Å². The van der Waals surface area contributed by atoms with Gasteiger partial charge in [0.2, 0.25) is 0 Å². The minimum atomic E-state index is -0.168. The molecule has 25 heavy (non-hydrogen) atoms. The van der Waals surface area contributed by atoms with Crippen LogP contribution in [0, 0.1) is 0 Å². The summed E-state index contributed by atoms with van der Waals surface area (Å²) >= 11 is 1.50. The molecule has 0 saturated carbocycles. The highest BCUT2D eigenvalue weighted by Crippen LogP contribution is 2.20. The van der Waals surface area contributed by atoms with Crippen LogP contribution in [-0.2, 0) is 12.8 Å². The molecule has 1 N–H and O–H groups in total. The van der Waals surface area contributed by atoms with Gasteiger partial charge in [-0.2, -0.15) is 0 Å². The first-order chi connectivity index (χ1) is 12.2. The van der Waals surface area contributed by atoms with E-state index >= 15 is 0 Å². The smallest absolute Gasteiger partial charge is 0.275 e. The van der Waals surface area contributed by atoms with Gasteiger partial charge in [-0.15, -0.1) is 11.3 Å². The Bertz CT molecular complexity index is 856. The maximum absolute atomic E-state index is 12.4. The Kier molecular flexibility index (Phi) is 5.46. The number of nitrogens with one attached hydrogen (secondary N) is 1. The van der Waals surface area contributed by atoms with E-state index in [9.17, 15) is 4.79 Å². The largest absolute Gasteiger partial charge is 0.497 e. The molecule has 3 aromatic rings. The molecule has 0 aliphatic heterocycles.